The molecule has 0 spiro atoms. The lowest BCUT2D eigenvalue weighted by molar-refractivity contribution is -0.138. The molecule has 0 saturated heterocycles. The zero-order valence-electron chi connectivity index (χ0n) is 6.29. The topological polar surface area (TPSA) is 95.6 Å². The third-order valence-electron chi connectivity index (χ3n) is 1.37. The van der Waals surface area contributed by atoms with Gasteiger partial charge in [0.05, 0.1) is 0 Å². The highest BCUT2D eigenvalue weighted by atomic mass is 16.5. The number of nitrogens with two attached hydrogens (primary N) is 1. The second-order valence-electron chi connectivity index (χ2n) is 2.35. The summed E-state index contributed by atoms with van der Waals surface area (Å²) in [7, 11) is 0. The maximum Gasteiger partial charge on any atom is 0.320 e. The van der Waals surface area contributed by atoms with E-state index in [1.165, 1.54) is 0 Å². The van der Waals surface area contributed by atoms with E-state index in [0.717, 1.165) is 6.42 Å². The molecule has 0 saturated carbocycles. The zero-order valence-corrected chi connectivity index (χ0v) is 6.29. The summed E-state index contributed by atoms with van der Waals surface area (Å²) >= 11 is 0. The van der Waals surface area contributed by atoms with E-state index in [4.69, 9.17) is 16.0 Å². The van der Waals surface area contributed by atoms with Crippen LogP contribution in [0.3, 0.4) is 0 Å². The molecule has 0 aromatic heterocycles. The van der Waals surface area contributed by atoms with Crippen molar-refractivity contribution >= 4 is 5.97 Å². The summed E-state index contributed by atoms with van der Waals surface area (Å²) in [6.07, 6.45) is 1.90. The number of nitrogens with one attached hydrogen (secondary N) is 1. The fourth-order valence-electron chi connectivity index (χ4n) is 0.692. The van der Waals surface area contributed by atoms with Crippen molar-refractivity contribution in [3.05, 3.63) is 0 Å². The maximum atomic E-state index is 10.2. The molecule has 0 aromatic rings. The first kappa shape index (κ1) is 10.3. The molecule has 0 heterocycles. The predicted molar refractivity (Wildman–Crippen MR) is 39.3 cm³/mol. The molecule has 1 unspecified atom stereocenters. The number of hydroxylamine groups is 1. The fourth-order valence-corrected chi connectivity index (χ4v) is 0.692. The zero-order chi connectivity index (χ0) is 8.69. The van der Waals surface area contributed by atoms with E-state index in [0.29, 0.717) is 19.4 Å². The van der Waals surface area contributed by atoms with Crippen LogP contribution in [0.4, 0.5) is 0 Å². The molecule has 66 valence electrons. The van der Waals surface area contributed by atoms with Crippen molar-refractivity contribution in [3.63, 3.8) is 0 Å². The normalized spacial score (nSPS) is 12.9. The highest BCUT2D eigenvalue weighted by Gasteiger charge is 2.09. The van der Waals surface area contributed by atoms with Crippen LogP contribution in [-0.4, -0.2) is 28.9 Å². The van der Waals surface area contributed by atoms with Gasteiger partial charge in [0.2, 0.25) is 0 Å². The first-order valence-corrected chi connectivity index (χ1v) is 3.54. The first-order valence-electron chi connectivity index (χ1n) is 3.54. The van der Waals surface area contributed by atoms with Crippen molar-refractivity contribution in [1.29, 1.82) is 0 Å². The number of carbonyl (C=O) groups is 1. The molecule has 5 nitrogen and oxygen atoms in total. The Morgan fingerprint density at radius 1 is 1.55 bits per heavy atom. The second-order valence-corrected chi connectivity index (χ2v) is 2.35. The number of carboxylic acids is 1. The van der Waals surface area contributed by atoms with Gasteiger partial charge in [-0.05, 0) is 19.3 Å². The summed E-state index contributed by atoms with van der Waals surface area (Å²) in [5, 5.41) is 16.5. The minimum atomic E-state index is -0.970. The van der Waals surface area contributed by atoms with Crippen LogP contribution in [0, 0.1) is 0 Å². The molecular formula is C6H14N2O3. The van der Waals surface area contributed by atoms with Gasteiger partial charge in [0.15, 0.2) is 0 Å². The van der Waals surface area contributed by atoms with E-state index in [9.17, 15) is 4.79 Å². The van der Waals surface area contributed by atoms with Crippen LogP contribution in [0.2, 0.25) is 0 Å². The molecule has 0 aliphatic carbocycles. The van der Waals surface area contributed by atoms with Gasteiger partial charge in [-0.3, -0.25) is 4.79 Å². The van der Waals surface area contributed by atoms with E-state index in [-0.39, 0.29) is 0 Å². The van der Waals surface area contributed by atoms with Gasteiger partial charge in [0.1, 0.15) is 6.04 Å². The predicted octanol–water partition coefficient (Wildman–Crippen LogP) is -0.453. The Morgan fingerprint density at radius 3 is 2.64 bits per heavy atom. The van der Waals surface area contributed by atoms with Crippen LogP contribution in [-0.2, 0) is 4.79 Å². The van der Waals surface area contributed by atoms with Gasteiger partial charge in [-0.15, -0.1) is 0 Å². The Labute approximate surface area is 65.2 Å². The molecule has 0 aliphatic rings. The van der Waals surface area contributed by atoms with Crippen molar-refractivity contribution in [1.82, 2.24) is 5.48 Å². The third-order valence-corrected chi connectivity index (χ3v) is 1.37. The lowest BCUT2D eigenvalue weighted by atomic mass is 10.1. The van der Waals surface area contributed by atoms with E-state index in [1.807, 2.05) is 5.48 Å². The Hall–Kier alpha value is -0.650. The molecule has 5 heteroatoms. The molecule has 0 radical (unpaired) electrons. The van der Waals surface area contributed by atoms with Crippen molar-refractivity contribution in [2.75, 3.05) is 6.54 Å². The van der Waals surface area contributed by atoms with Crippen molar-refractivity contribution in [2.45, 2.75) is 25.3 Å². The highest BCUT2D eigenvalue weighted by molar-refractivity contribution is 5.72. The van der Waals surface area contributed by atoms with E-state index in [1.54, 1.807) is 0 Å². The lowest BCUT2D eigenvalue weighted by Crippen LogP contribution is -2.29. The fraction of sp³-hybridized carbons (Fsp3) is 0.833. The van der Waals surface area contributed by atoms with Gasteiger partial charge < -0.3 is 16.0 Å². The quantitative estimate of drug-likeness (QED) is 0.313. The number of hydrogen-bond acceptors (Lipinski definition) is 4. The summed E-state index contributed by atoms with van der Waals surface area (Å²) in [5.41, 5.74) is 7.20. The molecule has 0 bridgehead atoms. The number of carboxylic acid groups (broad SMARTS) is 1. The van der Waals surface area contributed by atoms with Crippen LogP contribution in [0.5, 0.6) is 0 Å². The van der Waals surface area contributed by atoms with Crippen molar-refractivity contribution in [2.24, 2.45) is 5.73 Å². The number of unbranched alkanes of at least 4 members (excludes halogenated alkanes) is 1. The molecule has 0 aromatic carbocycles. The minimum Gasteiger partial charge on any atom is -0.480 e. The van der Waals surface area contributed by atoms with Crippen LogP contribution in [0.25, 0.3) is 0 Å². The van der Waals surface area contributed by atoms with Gasteiger partial charge >= 0.3 is 5.97 Å². The lowest BCUT2D eigenvalue weighted by Gasteiger charge is -2.04. The van der Waals surface area contributed by atoms with Gasteiger partial charge in [0, 0.05) is 6.54 Å². The van der Waals surface area contributed by atoms with Crippen molar-refractivity contribution in [3.8, 4) is 0 Å². The Balaban J connectivity index is 3.17. The maximum absolute atomic E-state index is 10.2. The Kier molecular flexibility index (Phi) is 5.73. The van der Waals surface area contributed by atoms with Crippen LogP contribution in [0.1, 0.15) is 19.3 Å². The molecule has 0 amide bonds. The molecule has 0 rings (SSSR count). The van der Waals surface area contributed by atoms with Gasteiger partial charge in [-0.1, -0.05) is 0 Å². The number of hydrogen-bond donors (Lipinski definition) is 4. The molecule has 11 heavy (non-hydrogen) atoms. The molecule has 5 N–H and O–H groups in total. The number of aliphatic carboxylic acids is 1. The molecule has 1 atom stereocenters. The number of rotatable bonds is 6. The Morgan fingerprint density at radius 2 is 2.18 bits per heavy atom. The standard InChI is InChI=1S/C6H14N2O3/c7-5(6(9)10)3-1-2-4-8-11/h5,8,11H,1-4,7H2,(H,9,10). The average Bonchev–Trinajstić information content (AvgIpc) is 1.97. The summed E-state index contributed by atoms with van der Waals surface area (Å²) in [5.74, 6) is -0.970. The summed E-state index contributed by atoms with van der Waals surface area (Å²) < 4.78 is 0. The van der Waals surface area contributed by atoms with Crippen molar-refractivity contribution < 1.29 is 15.1 Å². The van der Waals surface area contributed by atoms with Gasteiger partial charge in [-0.2, -0.15) is 0 Å². The molecular weight excluding hydrogens is 148 g/mol. The average molecular weight is 162 g/mol. The second kappa shape index (κ2) is 6.09. The monoisotopic (exact) mass is 162 g/mol. The Bertz CT molecular complexity index is 118. The highest BCUT2D eigenvalue weighted by Crippen LogP contribution is 1.97. The van der Waals surface area contributed by atoms with Crippen LogP contribution >= 0.6 is 0 Å². The van der Waals surface area contributed by atoms with Crippen LogP contribution < -0.4 is 11.2 Å². The molecule has 0 fully saturated rings. The summed E-state index contributed by atoms with van der Waals surface area (Å²) in [4.78, 5) is 10.2. The largest absolute Gasteiger partial charge is 0.480 e. The van der Waals surface area contributed by atoms with E-state index < -0.39 is 12.0 Å². The minimum absolute atomic E-state index is 0.455. The van der Waals surface area contributed by atoms with Gasteiger partial charge in [0.25, 0.3) is 0 Å². The third kappa shape index (κ3) is 5.78. The molecule has 0 aliphatic heterocycles. The summed E-state index contributed by atoms with van der Waals surface area (Å²) in [6, 6.07) is -0.770. The summed E-state index contributed by atoms with van der Waals surface area (Å²) in [6.45, 7) is 0.479. The van der Waals surface area contributed by atoms with Crippen LogP contribution in [0.15, 0.2) is 0 Å². The smallest absolute Gasteiger partial charge is 0.320 e. The van der Waals surface area contributed by atoms with Gasteiger partial charge in [-0.25, -0.2) is 5.48 Å². The van der Waals surface area contributed by atoms with E-state index >= 15 is 0 Å². The van der Waals surface area contributed by atoms with E-state index in [2.05, 4.69) is 0 Å². The SMILES string of the molecule is NC(CCCCNO)C(=O)O. The first-order chi connectivity index (χ1) is 5.18.